The number of likely N-dealkylation sites (N-methyl/N-ethyl adjacent to an activating group) is 1. The number of rotatable bonds is 4. The Balaban J connectivity index is 1.91. The molecule has 2 unspecified atom stereocenters. The van der Waals surface area contributed by atoms with Crippen LogP contribution in [0.25, 0.3) is 0 Å². The second-order valence-corrected chi connectivity index (χ2v) is 7.61. The first kappa shape index (κ1) is 17.5. The number of hydrogen-bond donors (Lipinski definition) is 1. The van der Waals surface area contributed by atoms with Crippen LogP contribution in [0.3, 0.4) is 0 Å². The zero-order valence-electron chi connectivity index (χ0n) is 14.9. The van der Waals surface area contributed by atoms with E-state index < -0.39 is 0 Å². The lowest BCUT2D eigenvalue weighted by Crippen LogP contribution is -2.55. The van der Waals surface area contributed by atoms with Crippen LogP contribution in [-0.4, -0.2) is 49.1 Å². The number of dihydropyridines is 1. The predicted octanol–water partition coefficient (Wildman–Crippen LogP) is 3.70. The van der Waals surface area contributed by atoms with Gasteiger partial charge in [0.1, 0.15) is 0 Å². The second-order valence-electron chi connectivity index (χ2n) is 7.17. The van der Waals surface area contributed by atoms with Crippen molar-refractivity contribution in [3.8, 4) is 0 Å². The molecule has 1 aromatic carbocycles. The Morgan fingerprint density at radius 1 is 1.17 bits per heavy atom. The minimum absolute atomic E-state index is 0.266. The van der Waals surface area contributed by atoms with E-state index in [0.29, 0.717) is 12.0 Å². The van der Waals surface area contributed by atoms with Gasteiger partial charge in [0.15, 0.2) is 0 Å². The molecule has 130 valence electrons. The highest BCUT2D eigenvalue weighted by molar-refractivity contribution is 6.30. The molecule has 0 aromatic heterocycles. The van der Waals surface area contributed by atoms with Crippen LogP contribution < -0.4 is 5.32 Å². The maximum atomic E-state index is 6.11. The lowest BCUT2D eigenvalue weighted by Gasteiger charge is -2.45. The topological polar surface area (TPSA) is 18.5 Å². The summed E-state index contributed by atoms with van der Waals surface area (Å²) >= 11 is 6.11. The van der Waals surface area contributed by atoms with Crippen LogP contribution in [0.2, 0.25) is 5.02 Å². The number of piperazine rings is 1. The molecule has 1 fully saturated rings. The first-order valence-corrected chi connectivity index (χ1v) is 9.24. The Labute approximate surface area is 151 Å². The summed E-state index contributed by atoms with van der Waals surface area (Å²) in [5.41, 5.74) is 2.59. The summed E-state index contributed by atoms with van der Waals surface area (Å²) in [6.07, 6.45) is 6.53. The molecule has 3 nitrogen and oxygen atoms in total. The minimum atomic E-state index is 0.266. The predicted molar refractivity (Wildman–Crippen MR) is 102 cm³/mol. The monoisotopic (exact) mass is 345 g/mol. The van der Waals surface area contributed by atoms with E-state index in [9.17, 15) is 0 Å². The molecule has 1 saturated heterocycles. The molecule has 0 amide bonds. The van der Waals surface area contributed by atoms with Crippen LogP contribution in [0.15, 0.2) is 48.2 Å². The van der Waals surface area contributed by atoms with Crippen LogP contribution >= 0.6 is 11.6 Å². The van der Waals surface area contributed by atoms with Gasteiger partial charge in [-0.05, 0) is 36.7 Å². The molecule has 3 rings (SSSR count). The van der Waals surface area contributed by atoms with E-state index in [0.717, 1.165) is 31.2 Å². The highest BCUT2D eigenvalue weighted by Crippen LogP contribution is 2.31. The van der Waals surface area contributed by atoms with Crippen molar-refractivity contribution in [2.24, 2.45) is 5.92 Å². The maximum absolute atomic E-state index is 6.11. The third kappa shape index (κ3) is 3.85. The molecule has 0 aliphatic carbocycles. The van der Waals surface area contributed by atoms with Gasteiger partial charge in [-0.2, -0.15) is 0 Å². The van der Waals surface area contributed by atoms with Gasteiger partial charge >= 0.3 is 0 Å². The Kier molecular flexibility index (Phi) is 5.65. The van der Waals surface area contributed by atoms with Crippen LogP contribution in [0.5, 0.6) is 0 Å². The summed E-state index contributed by atoms with van der Waals surface area (Å²) in [6.45, 7) is 8.82. The molecule has 0 radical (unpaired) electrons. The quantitative estimate of drug-likeness (QED) is 0.897. The highest BCUT2D eigenvalue weighted by Gasteiger charge is 2.33. The van der Waals surface area contributed by atoms with Gasteiger partial charge in [-0.15, -0.1) is 0 Å². The summed E-state index contributed by atoms with van der Waals surface area (Å²) in [4.78, 5) is 5.12. The van der Waals surface area contributed by atoms with Crippen molar-refractivity contribution in [3.63, 3.8) is 0 Å². The molecular formula is C20H28ClN3. The van der Waals surface area contributed by atoms with Crippen molar-refractivity contribution in [1.29, 1.82) is 0 Å². The number of nitrogens with zero attached hydrogens (tertiary/aromatic N) is 2. The molecule has 1 aromatic rings. The summed E-state index contributed by atoms with van der Waals surface area (Å²) in [5, 5.41) is 4.36. The van der Waals surface area contributed by atoms with Crippen LogP contribution in [0.1, 0.15) is 25.5 Å². The van der Waals surface area contributed by atoms with Crippen molar-refractivity contribution in [2.75, 3.05) is 33.2 Å². The highest BCUT2D eigenvalue weighted by atomic mass is 35.5. The van der Waals surface area contributed by atoms with Crippen LogP contribution in [0.4, 0.5) is 0 Å². The fraction of sp³-hybridized carbons (Fsp3) is 0.500. The van der Waals surface area contributed by atoms with Gasteiger partial charge in [-0.3, -0.25) is 4.90 Å². The third-order valence-corrected chi connectivity index (χ3v) is 5.43. The number of allylic oxidation sites excluding steroid dienone is 2. The molecule has 1 N–H and O–H groups in total. The Morgan fingerprint density at radius 3 is 2.54 bits per heavy atom. The van der Waals surface area contributed by atoms with Gasteiger partial charge in [-0.25, -0.2) is 0 Å². The fourth-order valence-electron chi connectivity index (χ4n) is 3.77. The molecule has 2 aliphatic heterocycles. The van der Waals surface area contributed by atoms with E-state index in [-0.39, 0.29) is 6.04 Å². The van der Waals surface area contributed by atoms with Crippen LogP contribution in [0, 0.1) is 5.92 Å². The molecule has 0 saturated carbocycles. The molecule has 0 spiro atoms. The number of hydrogen-bond acceptors (Lipinski definition) is 3. The van der Waals surface area contributed by atoms with E-state index in [2.05, 4.69) is 66.4 Å². The van der Waals surface area contributed by atoms with Crippen molar-refractivity contribution >= 4 is 11.6 Å². The van der Waals surface area contributed by atoms with Gasteiger partial charge in [0.2, 0.25) is 0 Å². The van der Waals surface area contributed by atoms with Crippen molar-refractivity contribution < 1.29 is 0 Å². The summed E-state index contributed by atoms with van der Waals surface area (Å²) in [5.74, 6) is 0.650. The lowest BCUT2D eigenvalue weighted by atomic mass is 9.95. The number of halogens is 1. The van der Waals surface area contributed by atoms with Crippen molar-refractivity contribution in [3.05, 3.63) is 58.8 Å². The first-order chi connectivity index (χ1) is 11.6. The zero-order chi connectivity index (χ0) is 17.1. The molecule has 0 bridgehead atoms. The molecule has 24 heavy (non-hydrogen) atoms. The van der Waals surface area contributed by atoms with Gasteiger partial charge in [0.05, 0.1) is 6.04 Å². The summed E-state index contributed by atoms with van der Waals surface area (Å²) < 4.78 is 0. The van der Waals surface area contributed by atoms with Crippen molar-refractivity contribution in [2.45, 2.75) is 25.9 Å². The number of benzene rings is 1. The first-order valence-electron chi connectivity index (χ1n) is 8.86. The Bertz CT molecular complexity index is 606. The van der Waals surface area contributed by atoms with E-state index in [1.807, 2.05) is 12.1 Å². The largest absolute Gasteiger partial charge is 0.383 e. The molecule has 2 aliphatic rings. The standard InChI is InChI=1S/C20H28ClN3/c1-15(2)19-14-24(13-12-23(19)3)20(18-6-4-5-11-22-18)16-7-9-17(21)10-8-16/h4-10,15,19-20,22H,11-14H2,1-3H3. The molecular weight excluding hydrogens is 318 g/mol. The van der Waals surface area contributed by atoms with Crippen LogP contribution in [-0.2, 0) is 0 Å². The van der Waals surface area contributed by atoms with Gasteiger partial charge in [0, 0.05) is 42.9 Å². The lowest BCUT2D eigenvalue weighted by molar-refractivity contribution is 0.0504. The zero-order valence-corrected chi connectivity index (χ0v) is 15.6. The minimum Gasteiger partial charge on any atom is -0.383 e. The van der Waals surface area contributed by atoms with E-state index in [4.69, 9.17) is 11.6 Å². The summed E-state index contributed by atoms with van der Waals surface area (Å²) in [6, 6.07) is 9.18. The third-order valence-electron chi connectivity index (χ3n) is 5.18. The smallest absolute Gasteiger partial charge is 0.0751 e. The van der Waals surface area contributed by atoms with Gasteiger partial charge < -0.3 is 10.2 Å². The van der Waals surface area contributed by atoms with E-state index >= 15 is 0 Å². The average molecular weight is 346 g/mol. The molecule has 4 heteroatoms. The fourth-order valence-corrected chi connectivity index (χ4v) is 3.90. The molecule has 2 atom stereocenters. The SMILES string of the molecule is CC(C)C1CN(C(C2=CC=CCN2)c2ccc(Cl)cc2)CCN1C. The average Bonchev–Trinajstić information content (AvgIpc) is 2.59. The molecule has 2 heterocycles. The Morgan fingerprint density at radius 2 is 1.92 bits per heavy atom. The van der Waals surface area contributed by atoms with E-state index in [1.54, 1.807) is 0 Å². The normalized spacial score (nSPS) is 23.9. The van der Waals surface area contributed by atoms with Crippen molar-refractivity contribution in [1.82, 2.24) is 15.1 Å². The van der Waals surface area contributed by atoms with E-state index in [1.165, 1.54) is 11.3 Å². The second kappa shape index (κ2) is 7.73. The van der Waals surface area contributed by atoms with Gasteiger partial charge in [0.25, 0.3) is 0 Å². The Hall–Kier alpha value is -1.29. The maximum Gasteiger partial charge on any atom is 0.0751 e. The number of nitrogens with one attached hydrogen (secondary N) is 1. The van der Waals surface area contributed by atoms with Gasteiger partial charge in [-0.1, -0.05) is 49.7 Å². The summed E-state index contributed by atoms with van der Waals surface area (Å²) in [7, 11) is 2.25.